The molecule has 3 heterocycles. The van der Waals surface area contributed by atoms with Crippen LogP contribution in [0.3, 0.4) is 0 Å². The third-order valence-corrected chi connectivity index (χ3v) is 4.10. The second-order valence-corrected chi connectivity index (χ2v) is 5.77. The summed E-state index contributed by atoms with van der Waals surface area (Å²) >= 11 is 0. The monoisotopic (exact) mass is 325 g/mol. The average Bonchev–Trinajstić information content (AvgIpc) is 3.33. The number of hydrogen-bond donors (Lipinski definition) is 1. The van der Waals surface area contributed by atoms with E-state index in [1.54, 1.807) is 23.3 Å². The summed E-state index contributed by atoms with van der Waals surface area (Å²) in [5, 5.41) is 20.0. The lowest BCUT2D eigenvalue weighted by Gasteiger charge is -2.21. The number of nitrogens with one attached hydrogen (secondary N) is 1. The lowest BCUT2D eigenvalue weighted by molar-refractivity contribution is 0.287. The molecule has 0 aliphatic carbocycles. The molecule has 24 heavy (non-hydrogen) atoms. The molecule has 3 aromatic rings. The molecule has 0 saturated carbocycles. The highest BCUT2D eigenvalue weighted by atomic mass is 16.5. The van der Waals surface area contributed by atoms with Crippen LogP contribution in [0.1, 0.15) is 24.6 Å². The first-order valence-electron chi connectivity index (χ1n) is 8.09. The maximum Gasteiger partial charge on any atom is 0.134 e. The Balaban J connectivity index is 1.36. The van der Waals surface area contributed by atoms with Gasteiger partial charge in [-0.15, -0.1) is 5.10 Å². The number of piperidine rings is 1. The van der Waals surface area contributed by atoms with Gasteiger partial charge in [-0.05, 0) is 50.2 Å². The molecule has 8 nitrogen and oxygen atoms in total. The van der Waals surface area contributed by atoms with Crippen LogP contribution in [-0.4, -0.2) is 43.1 Å². The fourth-order valence-corrected chi connectivity index (χ4v) is 2.79. The quantitative estimate of drug-likeness (QED) is 0.763. The molecule has 0 radical (unpaired) electrons. The first kappa shape index (κ1) is 14.8. The van der Waals surface area contributed by atoms with Crippen molar-refractivity contribution in [1.29, 1.82) is 0 Å². The van der Waals surface area contributed by atoms with Crippen LogP contribution in [0.4, 0.5) is 0 Å². The van der Waals surface area contributed by atoms with Crippen molar-refractivity contribution in [3.05, 3.63) is 48.5 Å². The van der Waals surface area contributed by atoms with E-state index in [2.05, 4.69) is 25.8 Å². The standard InChI is InChI=1S/C16H19N7O/c1-3-16(4-2-14(1)22-10-9-18-21-22)24-12-13-11-19-23(20-13)15-5-7-17-8-6-15/h1-4,9-11,15,17H,5-8,12H2. The predicted molar refractivity (Wildman–Crippen MR) is 86.9 cm³/mol. The Kier molecular flexibility index (Phi) is 4.20. The molecule has 1 aliphatic heterocycles. The first-order valence-corrected chi connectivity index (χ1v) is 8.09. The van der Waals surface area contributed by atoms with E-state index in [9.17, 15) is 0 Å². The largest absolute Gasteiger partial charge is 0.487 e. The number of hydrogen-bond acceptors (Lipinski definition) is 6. The second kappa shape index (κ2) is 6.79. The summed E-state index contributed by atoms with van der Waals surface area (Å²) in [5.41, 5.74) is 1.78. The van der Waals surface area contributed by atoms with Gasteiger partial charge in [0.25, 0.3) is 0 Å². The Morgan fingerprint density at radius 2 is 2.00 bits per heavy atom. The Morgan fingerprint density at radius 1 is 1.17 bits per heavy atom. The van der Waals surface area contributed by atoms with Gasteiger partial charge in [-0.2, -0.15) is 15.0 Å². The van der Waals surface area contributed by atoms with Crippen molar-refractivity contribution in [1.82, 2.24) is 35.3 Å². The highest BCUT2D eigenvalue weighted by molar-refractivity contribution is 5.36. The molecule has 0 unspecified atom stereocenters. The minimum absolute atomic E-state index is 0.391. The van der Waals surface area contributed by atoms with Gasteiger partial charge in [0.2, 0.25) is 0 Å². The molecule has 124 valence electrons. The summed E-state index contributed by atoms with van der Waals surface area (Å²) in [6, 6.07) is 8.09. The summed E-state index contributed by atoms with van der Waals surface area (Å²) in [5.74, 6) is 0.787. The minimum Gasteiger partial charge on any atom is -0.487 e. The van der Waals surface area contributed by atoms with Crippen molar-refractivity contribution in [2.45, 2.75) is 25.5 Å². The van der Waals surface area contributed by atoms with Crippen LogP contribution in [0.2, 0.25) is 0 Å². The molecule has 0 spiro atoms. The zero-order valence-corrected chi connectivity index (χ0v) is 13.2. The molecule has 8 heteroatoms. The topological polar surface area (TPSA) is 82.7 Å². The van der Waals surface area contributed by atoms with Gasteiger partial charge in [0.15, 0.2) is 0 Å². The van der Waals surface area contributed by atoms with Crippen LogP contribution < -0.4 is 10.1 Å². The molecule has 1 saturated heterocycles. The van der Waals surface area contributed by atoms with E-state index in [1.807, 2.05) is 29.1 Å². The fourth-order valence-electron chi connectivity index (χ4n) is 2.79. The Morgan fingerprint density at radius 3 is 2.75 bits per heavy atom. The summed E-state index contributed by atoms with van der Waals surface area (Å²) < 4.78 is 7.49. The zero-order valence-electron chi connectivity index (χ0n) is 13.2. The Bertz CT molecular complexity index is 760. The SMILES string of the molecule is c1cn(-c2ccc(OCc3cnn(C4CCNCC4)n3)cc2)nn1. The Hall–Kier alpha value is -2.74. The summed E-state index contributed by atoms with van der Waals surface area (Å²) in [6.07, 6.45) is 7.37. The lowest BCUT2D eigenvalue weighted by atomic mass is 10.1. The van der Waals surface area contributed by atoms with E-state index in [4.69, 9.17) is 4.74 Å². The number of aromatic nitrogens is 6. The minimum atomic E-state index is 0.391. The van der Waals surface area contributed by atoms with Crippen LogP contribution in [0.15, 0.2) is 42.9 Å². The highest BCUT2D eigenvalue weighted by Gasteiger charge is 2.17. The van der Waals surface area contributed by atoms with Gasteiger partial charge in [-0.3, -0.25) is 0 Å². The zero-order chi connectivity index (χ0) is 16.2. The van der Waals surface area contributed by atoms with Crippen molar-refractivity contribution in [3.63, 3.8) is 0 Å². The van der Waals surface area contributed by atoms with Crippen molar-refractivity contribution in [2.75, 3.05) is 13.1 Å². The molecular weight excluding hydrogens is 306 g/mol. The molecule has 0 atom stereocenters. The van der Waals surface area contributed by atoms with Crippen molar-refractivity contribution < 1.29 is 4.74 Å². The van der Waals surface area contributed by atoms with Gasteiger partial charge in [-0.25, -0.2) is 4.68 Å². The number of nitrogens with zero attached hydrogens (tertiary/aromatic N) is 6. The summed E-state index contributed by atoms with van der Waals surface area (Å²) in [4.78, 5) is 1.83. The molecule has 4 rings (SSSR count). The average molecular weight is 325 g/mol. The maximum atomic E-state index is 5.79. The molecule has 0 amide bonds. The van der Waals surface area contributed by atoms with Gasteiger partial charge in [0, 0.05) is 0 Å². The van der Waals surface area contributed by atoms with Crippen LogP contribution in [0, 0.1) is 0 Å². The molecule has 1 fully saturated rings. The van der Waals surface area contributed by atoms with Gasteiger partial charge >= 0.3 is 0 Å². The van der Waals surface area contributed by atoms with Crippen LogP contribution in [0.25, 0.3) is 5.69 Å². The number of ether oxygens (including phenoxy) is 1. The van der Waals surface area contributed by atoms with E-state index in [0.717, 1.165) is 43.1 Å². The highest BCUT2D eigenvalue weighted by Crippen LogP contribution is 2.18. The third-order valence-electron chi connectivity index (χ3n) is 4.10. The van der Waals surface area contributed by atoms with Crippen molar-refractivity contribution >= 4 is 0 Å². The Labute approximate surface area is 139 Å². The van der Waals surface area contributed by atoms with E-state index in [0.29, 0.717) is 12.6 Å². The van der Waals surface area contributed by atoms with Crippen LogP contribution in [-0.2, 0) is 6.61 Å². The lowest BCUT2D eigenvalue weighted by Crippen LogP contribution is -2.30. The van der Waals surface area contributed by atoms with E-state index in [-0.39, 0.29) is 0 Å². The maximum absolute atomic E-state index is 5.79. The van der Waals surface area contributed by atoms with Crippen molar-refractivity contribution in [2.24, 2.45) is 0 Å². The van der Waals surface area contributed by atoms with Crippen LogP contribution >= 0.6 is 0 Å². The molecular formula is C16H19N7O. The first-order chi connectivity index (χ1) is 11.9. The molecule has 0 bridgehead atoms. The van der Waals surface area contributed by atoms with Gasteiger partial charge < -0.3 is 10.1 Å². The van der Waals surface area contributed by atoms with Gasteiger partial charge in [0.05, 0.1) is 30.3 Å². The predicted octanol–water partition coefficient (Wildman–Crippen LogP) is 1.36. The number of benzene rings is 1. The van der Waals surface area contributed by atoms with Gasteiger partial charge in [0.1, 0.15) is 18.1 Å². The molecule has 1 N–H and O–H groups in total. The van der Waals surface area contributed by atoms with Crippen LogP contribution in [0.5, 0.6) is 5.75 Å². The van der Waals surface area contributed by atoms with E-state index < -0.39 is 0 Å². The summed E-state index contributed by atoms with van der Waals surface area (Å²) in [7, 11) is 0. The normalized spacial score (nSPS) is 15.5. The van der Waals surface area contributed by atoms with E-state index >= 15 is 0 Å². The smallest absolute Gasteiger partial charge is 0.134 e. The van der Waals surface area contributed by atoms with E-state index in [1.165, 1.54) is 0 Å². The molecule has 2 aromatic heterocycles. The van der Waals surface area contributed by atoms with Crippen molar-refractivity contribution in [3.8, 4) is 11.4 Å². The summed E-state index contributed by atoms with van der Waals surface area (Å²) in [6.45, 7) is 2.46. The molecule has 1 aromatic carbocycles. The molecule has 1 aliphatic rings. The van der Waals surface area contributed by atoms with Gasteiger partial charge in [-0.1, -0.05) is 5.21 Å². The second-order valence-electron chi connectivity index (χ2n) is 5.77. The third kappa shape index (κ3) is 3.28. The number of rotatable bonds is 5. The fraction of sp³-hybridized carbons (Fsp3) is 0.375.